The van der Waals surface area contributed by atoms with Gasteiger partial charge in [-0.2, -0.15) is 0 Å². The van der Waals surface area contributed by atoms with E-state index in [1.807, 2.05) is 24.3 Å². The van der Waals surface area contributed by atoms with Gasteiger partial charge in [0.25, 0.3) is 11.8 Å². The molecule has 0 aromatic heterocycles. The normalized spacial score (nSPS) is 10.8. The van der Waals surface area contributed by atoms with E-state index in [4.69, 9.17) is 46.4 Å². The lowest BCUT2D eigenvalue weighted by Gasteiger charge is -2.08. The van der Waals surface area contributed by atoms with E-state index in [2.05, 4.69) is 10.6 Å². The lowest BCUT2D eigenvalue weighted by Crippen LogP contribution is -2.18. The lowest BCUT2D eigenvalue weighted by atomic mass is 10.3. The average molecular weight is 438 g/mol. The van der Waals surface area contributed by atoms with E-state index >= 15 is 0 Å². The molecule has 2 rings (SSSR count). The quantitative estimate of drug-likeness (QED) is 0.601. The van der Waals surface area contributed by atoms with E-state index in [0.717, 1.165) is 9.79 Å². The van der Waals surface area contributed by atoms with Crippen molar-refractivity contribution in [1.29, 1.82) is 0 Å². The number of carbonyl (C=O) groups is 2. The topological polar surface area (TPSA) is 58.2 Å². The van der Waals surface area contributed by atoms with Gasteiger partial charge in [0.05, 0.1) is 0 Å². The Morgan fingerprint density at radius 3 is 1.28 bits per heavy atom. The average Bonchev–Trinajstić information content (AvgIpc) is 2.58. The molecule has 0 spiro atoms. The van der Waals surface area contributed by atoms with Crippen LogP contribution in [0.3, 0.4) is 0 Å². The van der Waals surface area contributed by atoms with Gasteiger partial charge in [0.2, 0.25) is 0 Å². The Morgan fingerprint density at radius 1 is 0.680 bits per heavy atom. The highest BCUT2D eigenvalue weighted by atomic mass is 35.5. The minimum Gasteiger partial charge on any atom is -0.324 e. The van der Waals surface area contributed by atoms with Crippen LogP contribution >= 0.6 is 58.2 Å². The number of nitrogens with one attached hydrogen (secondary N) is 2. The predicted octanol–water partition coefficient (Wildman–Crippen LogP) is 5.32. The molecule has 0 atom stereocenters. The number of alkyl halides is 4. The number of benzene rings is 2. The van der Waals surface area contributed by atoms with Gasteiger partial charge in [0.1, 0.15) is 0 Å². The molecule has 0 fully saturated rings. The fraction of sp³-hybridized carbons (Fsp3) is 0.125. The van der Waals surface area contributed by atoms with Crippen molar-refractivity contribution in [3.05, 3.63) is 48.5 Å². The maximum Gasteiger partial charge on any atom is 0.257 e. The summed E-state index contributed by atoms with van der Waals surface area (Å²) in [5.74, 6) is -0.949. The maximum atomic E-state index is 11.4. The molecule has 0 saturated heterocycles. The minimum atomic E-state index is -1.11. The third-order valence-corrected chi connectivity index (χ3v) is 4.68. The van der Waals surface area contributed by atoms with Crippen LogP contribution in [0.4, 0.5) is 11.4 Å². The molecule has 0 saturated carbocycles. The molecule has 9 heteroatoms. The van der Waals surface area contributed by atoms with Crippen LogP contribution in [-0.2, 0) is 9.59 Å². The summed E-state index contributed by atoms with van der Waals surface area (Å²) < 4.78 is 0. The fourth-order valence-electron chi connectivity index (χ4n) is 1.74. The molecule has 2 aromatic rings. The van der Waals surface area contributed by atoms with Crippen molar-refractivity contribution in [3.8, 4) is 0 Å². The Kier molecular flexibility index (Phi) is 7.72. The van der Waals surface area contributed by atoms with Crippen molar-refractivity contribution in [3.63, 3.8) is 0 Å². The van der Waals surface area contributed by atoms with E-state index in [0.29, 0.717) is 11.4 Å². The van der Waals surface area contributed by atoms with Crippen LogP contribution in [0.2, 0.25) is 0 Å². The Morgan fingerprint density at radius 2 is 1.00 bits per heavy atom. The smallest absolute Gasteiger partial charge is 0.257 e. The summed E-state index contributed by atoms with van der Waals surface area (Å²) in [5.41, 5.74) is 1.21. The third-order valence-electron chi connectivity index (χ3n) is 2.88. The molecular weight excluding hydrogens is 426 g/mol. The first kappa shape index (κ1) is 20.2. The van der Waals surface area contributed by atoms with Crippen LogP contribution in [0, 0.1) is 0 Å². The fourth-order valence-corrected chi connectivity index (χ4v) is 2.78. The van der Waals surface area contributed by atoms with E-state index in [1.165, 1.54) is 11.8 Å². The lowest BCUT2D eigenvalue weighted by molar-refractivity contribution is -0.115. The van der Waals surface area contributed by atoms with Crippen molar-refractivity contribution in [2.75, 3.05) is 10.6 Å². The highest BCUT2D eigenvalue weighted by molar-refractivity contribution is 7.99. The minimum absolute atomic E-state index is 0.475. The molecule has 4 nitrogen and oxygen atoms in total. The monoisotopic (exact) mass is 436 g/mol. The van der Waals surface area contributed by atoms with Crippen molar-refractivity contribution in [1.82, 2.24) is 0 Å². The van der Waals surface area contributed by atoms with Gasteiger partial charge in [0.15, 0.2) is 9.67 Å². The van der Waals surface area contributed by atoms with Crippen molar-refractivity contribution < 1.29 is 9.59 Å². The van der Waals surface area contributed by atoms with Gasteiger partial charge in [-0.15, -0.1) is 0 Å². The van der Waals surface area contributed by atoms with E-state index in [-0.39, 0.29) is 0 Å². The standard InChI is InChI=1S/C16H12Cl4N2O2S/c17-13(18)15(23)21-9-1-5-11(6-2-9)25-12-7-3-10(4-8-12)22-16(24)14(19)20/h1-8,13-14H,(H,21,23)(H,22,24). The Bertz CT molecular complexity index is 673. The van der Waals surface area contributed by atoms with E-state index < -0.39 is 21.5 Å². The van der Waals surface area contributed by atoms with Crippen LogP contribution in [0.25, 0.3) is 0 Å². The van der Waals surface area contributed by atoms with Crippen LogP contribution < -0.4 is 10.6 Å². The second-order valence-electron chi connectivity index (χ2n) is 4.73. The number of rotatable bonds is 6. The van der Waals surface area contributed by atoms with Gasteiger partial charge in [-0.3, -0.25) is 9.59 Å². The highest BCUT2D eigenvalue weighted by Crippen LogP contribution is 2.29. The first-order valence-corrected chi connectivity index (χ1v) is 9.47. The third kappa shape index (κ3) is 6.60. The largest absolute Gasteiger partial charge is 0.324 e. The van der Waals surface area contributed by atoms with Gasteiger partial charge in [0, 0.05) is 21.2 Å². The van der Waals surface area contributed by atoms with Crippen LogP contribution in [-0.4, -0.2) is 21.5 Å². The first-order valence-electron chi connectivity index (χ1n) is 6.91. The summed E-state index contributed by atoms with van der Waals surface area (Å²) in [5, 5.41) is 5.19. The van der Waals surface area contributed by atoms with E-state index in [1.54, 1.807) is 24.3 Å². The van der Waals surface area contributed by atoms with Gasteiger partial charge in [-0.1, -0.05) is 58.2 Å². The van der Waals surface area contributed by atoms with Gasteiger partial charge < -0.3 is 10.6 Å². The summed E-state index contributed by atoms with van der Waals surface area (Å²) in [7, 11) is 0. The predicted molar refractivity (Wildman–Crippen MR) is 105 cm³/mol. The zero-order chi connectivity index (χ0) is 18.4. The van der Waals surface area contributed by atoms with Gasteiger partial charge in [-0.05, 0) is 48.5 Å². The maximum absolute atomic E-state index is 11.4. The number of halogens is 4. The first-order chi connectivity index (χ1) is 11.8. The molecule has 0 aliphatic carbocycles. The zero-order valence-corrected chi connectivity index (χ0v) is 16.4. The molecule has 0 unspecified atom stereocenters. The molecule has 0 aliphatic heterocycles. The van der Waals surface area contributed by atoms with Gasteiger partial charge in [-0.25, -0.2) is 0 Å². The zero-order valence-electron chi connectivity index (χ0n) is 12.5. The molecule has 0 aliphatic rings. The molecule has 132 valence electrons. The molecule has 2 N–H and O–H groups in total. The van der Waals surface area contributed by atoms with Crippen LogP contribution in [0.5, 0.6) is 0 Å². The Labute approximate surface area is 169 Å². The highest BCUT2D eigenvalue weighted by Gasteiger charge is 2.12. The Balaban J connectivity index is 1.95. The van der Waals surface area contributed by atoms with Crippen molar-refractivity contribution in [2.24, 2.45) is 0 Å². The van der Waals surface area contributed by atoms with Crippen molar-refractivity contribution >= 4 is 81.4 Å². The van der Waals surface area contributed by atoms with Crippen molar-refractivity contribution in [2.45, 2.75) is 19.5 Å². The number of amides is 2. The molecule has 0 radical (unpaired) electrons. The molecule has 25 heavy (non-hydrogen) atoms. The summed E-state index contributed by atoms with van der Waals surface area (Å²) in [6, 6.07) is 14.5. The number of hydrogen-bond donors (Lipinski definition) is 2. The molecule has 2 amide bonds. The number of anilines is 2. The Hall–Kier alpha value is -1.11. The summed E-state index contributed by atoms with van der Waals surface area (Å²) in [6.07, 6.45) is 0. The summed E-state index contributed by atoms with van der Waals surface area (Å²) in [6.45, 7) is 0. The van der Waals surface area contributed by atoms with Crippen LogP contribution in [0.15, 0.2) is 58.3 Å². The number of carbonyl (C=O) groups excluding carboxylic acids is 2. The van der Waals surface area contributed by atoms with Gasteiger partial charge >= 0.3 is 0 Å². The molecule has 0 heterocycles. The second-order valence-corrected chi connectivity index (χ2v) is 8.07. The molecule has 0 bridgehead atoms. The summed E-state index contributed by atoms with van der Waals surface area (Å²) in [4.78, 5) is 22.6. The molecule has 2 aromatic carbocycles. The SMILES string of the molecule is O=C(Nc1ccc(Sc2ccc(NC(=O)C(Cl)Cl)cc2)cc1)C(Cl)Cl. The second kappa shape index (κ2) is 9.55. The number of hydrogen-bond acceptors (Lipinski definition) is 3. The summed E-state index contributed by atoms with van der Waals surface area (Å²) >= 11 is 23.5. The van der Waals surface area contributed by atoms with E-state index in [9.17, 15) is 9.59 Å². The van der Waals surface area contributed by atoms with Crippen LogP contribution in [0.1, 0.15) is 0 Å². The molecular formula is C16H12Cl4N2O2S.